The summed E-state index contributed by atoms with van der Waals surface area (Å²) in [4.78, 5) is 4.21. The first-order valence-corrected chi connectivity index (χ1v) is 5.78. The lowest BCUT2D eigenvalue weighted by Crippen LogP contribution is -1.97. The molecule has 1 aliphatic rings. The largest absolute Gasteiger partial charge is 0.266 e. The standard InChI is InChI=1S/C16H19N/c1-6-15-11-16(8-7-13(15)4)14(5)9-10-17-12(2)3/h1,9-11H,5,7-8H2,2-4H3/b10-9-. The van der Waals surface area contributed by atoms with E-state index in [0.29, 0.717) is 0 Å². The van der Waals surface area contributed by atoms with Crippen molar-refractivity contribution in [2.45, 2.75) is 33.6 Å². The summed E-state index contributed by atoms with van der Waals surface area (Å²) in [7, 11) is 0. The average molecular weight is 225 g/mol. The molecule has 1 nitrogen and oxygen atoms in total. The number of allylic oxidation sites excluding steroid dienone is 6. The van der Waals surface area contributed by atoms with E-state index in [0.717, 1.165) is 29.7 Å². The van der Waals surface area contributed by atoms with Gasteiger partial charge < -0.3 is 0 Å². The van der Waals surface area contributed by atoms with Crippen molar-refractivity contribution >= 4 is 5.71 Å². The Labute approximate surface area is 104 Å². The molecule has 1 rings (SSSR count). The van der Waals surface area contributed by atoms with Crippen LogP contribution in [0.15, 0.2) is 52.2 Å². The Morgan fingerprint density at radius 1 is 1.47 bits per heavy atom. The summed E-state index contributed by atoms with van der Waals surface area (Å²) in [6.07, 6.45) is 13.3. The smallest absolute Gasteiger partial charge is 0.0272 e. The molecule has 1 aliphatic carbocycles. The van der Waals surface area contributed by atoms with Gasteiger partial charge in [0.25, 0.3) is 0 Å². The Kier molecular flexibility index (Phi) is 4.72. The molecular formula is C16H19N. The summed E-state index contributed by atoms with van der Waals surface area (Å²) in [5.74, 6) is 2.72. The zero-order chi connectivity index (χ0) is 12.8. The van der Waals surface area contributed by atoms with Gasteiger partial charge >= 0.3 is 0 Å². The Bertz CT molecular complexity index is 472. The highest BCUT2D eigenvalue weighted by Gasteiger charge is 2.09. The second-order valence-electron chi connectivity index (χ2n) is 4.43. The topological polar surface area (TPSA) is 12.4 Å². The maximum absolute atomic E-state index is 5.47. The van der Waals surface area contributed by atoms with Crippen molar-refractivity contribution in [1.82, 2.24) is 0 Å². The lowest BCUT2D eigenvalue weighted by molar-refractivity contribution is 0.910. The molecule has 0 heterocycles. The maximum Gasteiger partial charge on any atom is 0.0272 e. The molecule has 17 heavy (non-hydrogen) atoms. The lowest BCUT2D eigenvalue weighted by Gasteiger charge is -2.15. The summed E-state index contributed by atoms with van der Waals surface area (Å²) in [6.45, 7) is 10.1. The lowest BCUT2D eigenvalue weighted by atomic mass is 9.90. The van der Waals surface area contributed by atoms with Crippen molar-refractivity contribution in [2.75, 3.05) is 0 Å². The summed E-state index contributed by atoms with van der Waals surface area (Å²) in [5, 5.41) is 0. The van der Waals surface area contributed by atoms with Crippen LogP contribution in [0, 0.1) is 12.3 Å². The molecule has 0 saturated heterocycles. The van der Waals surface area contributed by atoms with Crippen molar-refractivity contribution in [3.63, 3.8) is 0 Å². The van der Waals surface area contributed by atoms with Gasteiger partial charge in [-0.05, 0) is 56.9 Å². The second-order valence-corrected chi connectivity index (χ2v) is 4.43. The van der Waals surface area contributed by atoms with Crippen LogP contribution in [0.3, 0.4) is 0 Å². The SMILES string of the molecule is C#CC1=C(C)CCC(C(=C)/C=C\N=C(C)C)=C1. The van der Waals surface area contributed by atoms with E-state index >= 15 is 0 Å². The van der Waals surface area contributed by atoms with Gasteiger partial charge in [0, 0.05) is 17.5 Å². The van der Waals surface area contributed by atoms with Gasteiger partial charge in [-0.2, -0.15) is 0 Å². The zero-order valence-corrected chi connectivity index (χ0v) is 10.9. The van der Waals surface area contributed by atoms with Gasteiger partial charge in [-0.15, -0.1) is 6.42 Å². The second kappa shape index (κ2) is 6.06. The average Bonchev–Trinajstić information content (AvgIpc) is 2.29. The quantitative estimate of drug-likeness (QED) is 0.387. The Balaban J connectivity index is 2.83. The van der Waals surface area contributed by atoms with Gasteiger partial charge in [0.05, 0.1) is 0 Å². The molecule has 0 bridgehead atoms. The first-order chi connectivity index (χ1) is 8.04. The zero-order valence-electron chi connectivity index (χ0n) is 10.9. The molecule has 1 heteroatoms. The van der Waals surface area contributed by atoms with E-state index in [1.54, 1.807) is 6.20 Å². The highest BCUT2D eigenvalue weighted by molar-refractivity contribution is 5.79. The van der Waals surface area contributed by atoms with E-state index in [-0.39, 0.29) is 0 Å². The van der Waals surface area contributed by atoms with Crippen LogP contribution < -0.4 is 0 Å². The first kappa shape index (κ1) is 13.3. The normalized spacial score (nSPS) is 15.5. The molecule has 0 N–H and O–H groups in total. The van der Waals surface area contributed by atoms with Crippen LogP contribution in [0.2, 0.25) is 0 Å². The predicted molar refractivity (Wildman–Crippen MR) is 75.9 cm³/mol. The molecule has 0 fully saturated rings. The van der Waals surface area contributed by atoms with Crippen molar-refractivity contribution in [3.8, 4) is 12.3 Å². The van der Waals surface area contributed by atoms with Gasteiger partial charge in [-0.3, -0.25) is 4.99 Å². The van der Waals surface area contributed by atoms with Crippen LogP contribution in [-0.2, 0) is 0 Å². The highest BCUT2D eigenvalue weighted by Crippen LogP contribution is 2.27. The fourth-order valence-electron chi connectivity index (χ4n) is 1.63. The number of hydrogen-bond acceptors (Lipinski definition) is 1. The van der Waals surface area contributed by atoms with Crippen LogP contribution in [0.4, 0.5) is 0 Å². The fourth-order valence-corrected chi connectivity index (χ4v) is 1.63. The van der Waals surface area contributed by atoms with E-state index in [1.807, 2.05) is 19.9 Å². The molecule has 0 aromatic heterocycles. The molecule has 0 aromatic carbocycles. The molecular weight excluding hydrogens is 206 g/mol. The van der Waals surface area contributed by atoms with Gasteiger partial charge in [-0.25, -0.2) is 0 Å². The third-order valence-corrected chi connectivity index (χ3v) is 2.72. The Morgan fingerprint density at radius 3 is 2.76 bits per heavy atom. The van der Waals surface area contributed by atoms with Crippen LogP contribution in [0.25, 0.3) is 0 Å². The summed E-state index contributed by atoms with van der Waals surface area (Å²) < 4.78 is 0. The number of terminal acetylenes is 1. The van der Waals surface area contributed by atoms with Crippen molar-refractivity contribution in [1.29, 1.82) is 0 Å². The van der Waals surface area contributed by atoms with Gasteiger partial charge in [-0.1, -0.05) is 18.1 Å². The fraction of sp³-hybridized carbons (Fsp3) is 0.312. The van der Waals surface area contributed by atoms with Crippen LogP contribution in [0.1, 0.15) is 33.6 Å². The maximum atomic E-state index is 5.47. The third-order valence-electron chi connectivity index (χ3n) is 2.72. The van der Waals surface area contributed by atoms with Gasteiger partial charge in [0.2, 0.25) is 0 Å². The minimum Gasteiger partial charge on any atom is -0.266 e. The molecule has 0 aromatic rings. The molecule has 88 valence electrons. The number of rotatable bonds is 3. The Morgan fingerprint density at radius 2 is 2.18 bits per heavy atom. The van der Waals surface area contributed by atoms with E-state index in [9.17, 15) is 0 Å². The number of hydrogen-bond donors (Lipinski definition) is 0. The highest BCUT2D eigenvalue weighted by atomic mass is 14.7. The summed E-state index contributed by atoms with van der Waals surface area (Å²) in [5.41, 5.74) is 5.53. The van der Waals surface area contributed by atoms with E-state index < -0.39 is 0 Å². The molecule has 0 atom stereocenters. The van der Waals surface area contributed by atoms with E-state index in [2.05, 4.69) is 30.5 Å². The molecule has 0 saturated carbocycles. The number of nitrogens with zero attached hydrogens (tertiary/aromatic N) is 1. The molecule has 0 amide bonds. The monoisotopic (exact) mass is 225 g/mol. The van der Waals surface area contributed by atoms with E-state index in [4.69, 9.17) is 6.42 Å². The van der Waals surface area contributed by atoms with Crippen LogP contribution in [-0.4, -0.2) is 5.71 Å². The molecule has 0 radical (unpaired) electrons. The van der Waals surface area contributed by atoms with Crippen molar-refractivity contribution in [3.05, 3.63) is 47.2 Å². The number of aliphatic imine (C=N–C) groups is 1. The van der Waals surface area contributed by atoms with Gasteiger partial charge in [0.1, 0.15) is 0 Å². The first-order valence-electron chi connectivity index (χ1n) is 5.78. The predicted octanol–water partition coefficient (Wildman–Crippen LogP) is 4.21. The molecule has 0 aliphatic heterocycles. The minimum absolute atomic E-state index is 0.996. The Hall–Kier alpha value is -1.81. The molecule has 0 spiro atoms. The third kappa shape index (κ3) is 3.92. The minimum atomic E-state index is 0.996. The van der Waals surface area contributed by atoms with Crippen molar-refractivity contribution in [2.24, 2.45) is 4.99 Å². The van der Waals surface area contributed by atoms with E-state index in [1.165, 1.54) is 11.1 Å². The van der Waals surface area contributed by atoms with Crippen LogP contribution in [0.5, 0.6) is 0 Å². The summed E-state index contributed by atoms with van der Waals surface area (Å²) in [6, 6.07) is 0. The van der Waals surface area contributed by atoms with Gasteiger partial charge in [0.15, 0.2) is 0 Å². The van der Waals surface area contributed by atoms with Crippen LogP contribution >= 0.6 is 0 Å². The van der Waals surface area contributed by atoms with Crippen molar-refractivity contribution < 1.29 is 0 Å². The molecule has 0 unspecified atom stereocenters. The summed E-state index contributed by atoms with van der Waals surface area (Å²) >= 11 is 0.